The van der Waals surface area contributed by atoms with Crippen molar-refractivity contribution >= 4 is 17.5 Å². The van der Waals surface area contributed by atoms with E-state index >= 15 is 0 Å². The number of Topliss-reactive ketones (excluding diaryl/α,β-unsaturated/α-hetero) is 1. The lowest BCUT2D eigenvalue weighted by Crippen LogP contribution is -2.44. The average Bonchev–Trinajstić information content (AvgIpc) is 2.15. The number of carbonyl (C=O) groups is 1. The first-order chi connectivity index (χ1) is 6.25. The number of thioether (sulfide) groups is 1. The monoisotopic (exact) mass is 199 g/mol. The second kappa shape index (κ2) is 5.45. The lowest BCUT2D eigenvalue weighted by atomic mass is 10.1. The molecule has 0 bridgehead atoms. The second-order valence-electron chi connectivity index (χ2n) is 3.36. The smallest absolute Gasteiger partial charge is 0.151 e. The van der Waals surface area contributed by atoms with Crippen molar-refractivity contribution in [3.8, 4) is 0 Å². The summed E-state index contributed by atoms with van der Waals surface area (Å²) >= 11 is 1.88. The molecule has 0 aromatic heterocycles. The molecule has 1 unspecified atom stereocenters. The van der Waals surface area contributed by atoms with Gasteiger partial charge in [-0.1, -0.05) is 6.08 Å². The van der Waals surface area contributed by atoms with Gasteiger partial charge in [0.15, 0.2) is 5.78 Å². The van der Waals surface area contributed by atoms with Crippen LogP contribution in [0.25, 0.3) is 0 Å². The summed E-state index contributed by atoms with van der Waals surface area (Å²) in [4.78, 5) is 13.8. The molecule has 1 saturated heterocycles. The molecule has 0 spiro atoms. The number of carbonyl (C=O) groups excluding carboxylic acids is 1. The predicted octanol–water partition coefficient (Wildman–Crippen LogP) is 1.57. The number of hydrogen-bond acceptors (Lipinski definition) is 3. The molecule has 0 aliphatic carbocycles. The van der Waals surface area contributed by atoms with E-state index in [0.29, 0.717) is 12.2 Å². The number of allylic oxidation sites excluding steroid dienone is 1. The summed E-state index contributed by atoms with van der Waals surface area (Å²) in [6.45, 7) is 4.66. The van der Waals surface area contributed by atoms with Crippen molar-refractivity contribution in [2.24, 2.45) is 0 Å². The SMILES string of the molecule is C=CCCC(=O)C1CSCCN1C. The minimum absolute atomic E-state index is 0.152. The van der Waals surface area contributed by atoms with Gasteiger partial charge < -0.3 is 0 Å². The lowest BCUT2D eigenvalue weighted by molar-refractivity contribution is -0.123. The molecule has 1 rings (SSSR count). The number of likely N-dealkylation sites (N-methyl/N-ethyl adjacent to an activating group) is 1. The van der Waals surface area contributed by atoms with Crippen LogP contribution >= 0.6 is 11.8 Å². The first-order valence-corrected chi connectivity index (χ1v) is 5.82. The summed E-state index contributed by atoms with van der Waals surface area (Å²) in [5.74, 6) is 2.49. The van der Waals surface area contributed by atoms with Gasteiger partial charge in [0.1, 0.15) is 0 Å². The van der Waals surface area contributed by atoms with Gasteiger partial charge in [-0.25, -0.2) is 0 Å². The van der Waals surface area contributed by atoms with Crippen molar-refractivity contribution in [2.75, 3.05) is 25.1 Å². The molecular weight excluding hydrogens is 182 g/mol. The molecule has 13 heavy (non-hydrogen) atoms. The van der Waals surface area contributed by atoms with Gasteiger partial charge in [0.2, 0.25) is 0 Å². The van der Waals surface area contributed by atoms with Gasteiger partial charge in [0.25, 0.3) is 0 Å². The third-order valence-corrected chi connectivity index (χ3v) is 3.39. The summed E-state index contributed by atoms with van der Waals surface area (Å²) in [7, 11) is 2.04. The standard InChI is InChI=1S/C10H17NOS/c1-3-4-5-10(12)9-8-13-7-6-11(9)2/h3,9H,1,4-8H2,2H3. The summed E-state index contributed by atoms with van der Waals surface area (Å²) in [6.07, 6.45) is 3.28. The normalized spacial score (nSPS) is 24.2. The van der Waals surface area contributed by atoms with Crippen molar-refractivity contribution in [1.29, 1.82) is 0 Å². The second-order valence-corrected chi connectivity index (χ2v) is 4.51. The number of hydrogen-bond donors (Lipinski definition) is 0. The summed E-state index contributed by atoms with van der Waals surface area (Å²) in [5, 5.41) is 0. The topological polar surface area (TPSA) is 20.3 Å². The zero-order chi connectivity index (χ0) is 9.68. The maximum absolute atomic E-state index is 11.7. The van der Waals surface area contributed by atoms with Gasteiger partial charge in [-0.2, -0.15) is 11.8 Å². The van der Waals surface area contributed by atoms with Crippen LogP contribution in [0, 0.1) is 0 Å². The molecule has 2 nitrogen and oxygen atoms in total. The maximum atomic E-state index is 11.7. The largest absolute Gasteiger partial charge is 0.298 e. The molecule has 3 heteroatoms. The van der Waals surface area contributed by atoms with Crippen molar-refractivity contribution in [1.82, 2.24) is 4.90 Å². The van der Waals surface area contributed by atoms with E-state index in [-0.39, 0.29) is 6.04 Å². The van der Waals surface area contributed by atoms with Gasteiger partial charge in [0, 0.05) is 24.5 Å². The Morgan fingerprint density at radius 2 is 2.54 bits per heavy atom. The maximum Gasteiger partial charge on any atom is 0.151 e. The Morgan fingerprint density at radius 1 is 1.77 bits per heavy atom. The van der Waals surface area contributed by atoms with E-state index in [4.69, 9.17) is 0 Å². The molecule has 0 radical (unpaired) electrons. The molecule has 0 aromatic carbocycles. The van der Waals surface area contributed by atoms with Crippen LogP contribution in [0.3, 0.4) is 0 Å². The van der Waals surface area contributed by atoms with Crippen molar-refractivity contribution in [3.63, 3.8) is 0 Å². The highest BCUT2D eigenvalue weighted by Crippen LogP contribution is 2.16. The van der Waals surface area contributed by atoms with Gasteiger partial charge >= 0.3 is 0 Å². The van der Waals surface area contributed by atoms with Crippen LogP contribution in [0.15, 0.2) is 12.7 Å². The van der Waals surface area contributed by atoms with E-state index in [1.807, 2.05) is 24.9 Å². The Kier molecular flexibility index (Phi) is 4.53. The van der Waals surface area contributed by atoms with E-state index in [9.17, 15) is 4.79 Å². The highest BCUT2D eigenvalue weighted by atomic mass is 32.2. The molecule has 0 amide bonds. The summed E-state index contributed by atoms with van der Waals surface area (Å²) in [6, 6.07) is 0.152. The van der Waals surface area contributed by atoms with Crippen LogP contribution < -0.4 is 0 Å². The number of nitrogens with zero attached hydrogens (tertiary/aromatic N) is 1. The average molecular weight is 199 g/mol. The third-order valence-electron chi connectivity index (χ3n) is 2.36. The van der Waals surface area contributed by atoms with Crippen molar-refractivity contribution in [2.45, 2.75) is 18.9 Å². The zero-order valence-corrected chi connectivity index (χ0v) is 8.98. The Labute approximate surface area is 84.4 Å². The number of rotatable bonds is 4. The fraction of sp³-hybridized carbons (Fsp3) is 0.700. The Hall–Kier alpha value is -0.280. The summed E-state index contributed by atoms with van der Waals surface area (Å²) < 4.78 is 0. The van der Waals surface area contributed by atoms with E-state index in [1.54, 1.807) is 0 Å². The molecule has 74 valence electrons. The van der Waals surface area contributed by atoms with Crippen molar-refractivity contribution in [3.05, 3.63) is 12.7 Å². The Morgan fingerprint density at radius 3 is 3.15 bits per heavy atom. The molecule has 0 aromatic rings. The highest BCUT2D eigenvalue weighted by Gasteiger charge is 2.24. The minimum Gasteiger partial charge on any atom is -0.298 e. The van der Waals surface area contributed by atoms with Gasteiger partial charge in [-0.05, 0) is 13.5 Å². The first kappa shape index (κ1) is 10.8. The molecule has 1 aliphatic heterocycles. The third kappa shape index (κ3) is 3.16. The Bertz CT molecular complexity index is 193. The fourth-order valence-electron chi connectivity index (χ4n) is 1.44. The van der Waals surface area contributed by atoms with Crippen LogP contribution in [0.4, 0.5) is 0 Å². The van der Waals surface area contributed by atoms with E-state index in [0.717, 1.165) is 24.5 Å². The molecular formula is C10H17NOS. The molecule has 1 fully saturated rings. The van der Waals surface area contributed by atoms with E-state index in [1.165, 1.54) is 0 Å². The first-order valence-electron chi connectivity index (χ1n) is 4.67. The van der Waals surface area contributed by atoms with Crippen LogP contribution in [-0.4, -0.2) is 41.8 Å². The van der Waals surface area contributed by atoms with Gasteiger partial charge in [0.05, 0.1) is 6.04 Å². The van der Waals surface area contributed by atoms with Crippen LogP contribution in [0.2, 0.25) is 0 Å². The lowest BCUT2D eigenvalue weighted by Gasteiger charge is -2.30. The van der Waals surface area contributed by atoms with Crippen molar-refractivity contribution < 1.29 is 4.79 Å². The van der Waals surface area contributed by atoms with E-state index in [2.05, 4.69) is 11.5 Å². The van der Waals surface area contributed by atoms with Gasteiger partial charge in [-0.15, -0.1) is 6.58 Å². The molecule has 0 N–H and O–H groups in total. The number of ketones is 1. The Balaban J connectivity index is 2.39. The fourth-order valence-corrected chi connectivity index (χ4v) is 2.68. The highest BCUT2D eigenvalue weighted by molar-refractivity contribution is 7.99. The molecule has 1 heterocycles. The quantitative estimate of drug-likeness (QED) is 0.641. The zero-order valence-electron chi connectivity index (χ0n) is 8.16. The summed E-state index contributed by atoms with van der Waals surface area (Å²) in [5.41, 5.74) is 0. The van der Waals surface area contributed by atoms with E-state index < -0.39 is 0 Å². The van der Waals surface area contributed by atoms with Crippen LogP contribution in [0.5, 0.6) is 0 Å². The van der Waals surface area contributed by atoms with Crippen LogP contribution in [0.1, 0.15) is 12.8 Å². The molecule has 1 atom stereocenters. The van der Waals surface area contributed by atoms with Gasteiger partial charge in [-0.3, -0.25) is 9.69 Å². The molecule has 0 saturated carbocycles. The molecule has 1 aliphatic rings. The minimum atomic E-state index is 0.152. The van der Waals surface area contributed by atoms with Crippen LogP contribution in [-0.2, 0) is 4.79 Å². The predicted molar refractivity (Wildman–Crippen MR) is 58.2 cm³/mol.